The van der Waals surface area contributed by atoms with Gasteiger partial charge in [0.25, 0.3) is 0 Å². The Kier molecular flexibility index (Phi) is 1.99. The topological polar surface area (TPSA) is 0 Å². The van der Waals surface area contributed by atoms with Gasteiger partial charge in [-0.1, -0.05) is 40.2 Å². The van der Waals surface area contributed by atoms with Gasteiger partial charge in [-0.05, 0) is 29.9 Å². The van der Waals surface area contributed by atoms with Crippen molar-refractivity contribution in [3.63, 3.8) is 0 Å². The SMILES string of the molecule is BrC[C@@H]1CCc2ccccc21. The highest BCUT2D eigenvalue weighted by Crippen LogP contribution is 2.33. The van der Waals surface area contributed by atoms with Gasteiger partial charge in [-0.3, -0.25) is 0 Å². The van der Waals surface area contributed by atoms with Crippen LogP contribution in [0.4, 0.5) is 0 Å². The molecule has 0 amide bonds. The van der Waals surface area contributed by atoms with Gasteiger partial charge in [0.15, 0.2) is 0 Å². The molecule has 0 N–H and O–H groups in total. The Bertz CT molecular complexity index is 255. The number of aryl methyl sites for hydroxylation is 1. The Hall–Kier alpha value is -0.300. The number of rotatable bonds is 1. The fourth-order valence-corrected chi connectivity index (χ4v) is 2.48. The Morgan fingerprint density at radius 2 is 2.18 bits per heavy atom. The molecule has 1 heteroatoms. The van der Waals surface area contributed by atoms with Crippen LogP contribution in [-0.4, -0.2) is 5.33 Å². The molecule has 0 nitrogen and oxygen atoms in total. The van der Waals surface area contributed by atoms with E-state index in [9.17, 15) is 0 Å². The minimum Gasteiger partial charge on any atom is -0.0921 e. The summed E-state index contributed by atoms with van der Waals surface area (Å²) in [5, 5.41) is 1.12. The second kappa shape index (κ2) is 2.98. The molecule has 1 atom stereocenters. The van der Waals surface area contributed by atoms with Crippen molar-refractivity contribution in [1.29, 1.82) is 0 Å². The third-order valence-corrected chi connectivity index (χ3v) is 3.22. The Morgan fingerprint density at radius 1 is 1.36 bits per heavy atom. The second-order valence-electron chi connectivity index (χ2n) is 3.09. The van der Waals surface area contributed by atoms with Gasteiger partial charge in [0.05, 0.1) is 0 Å². The second-order valence-corrected chi connectivity index (χ2v) is 3.74. The number of fused-ring (bicyclic) bond motifs is 1. The predicted octanol–water partition coefficient (Wildman–Crippen LogP) is 3.11. The molecule has 0 unspecified atom stereocenters. The first kappa shape index (κ1) is 7.35. The molecule has 0 spiro atoms. The highest BCUT2D eigenvalue weighted by atomic mass is 79.9. The molecule has 0 heterocycles. The van der Waals surface area contributed by atoms with Crippen LogP contribution in [0.2, 0.25) is 0 Å². The van der Waals surface area contributed by atoms with Crippen LogP contribution >= 0.6 is 15.9 Å². The minimum atomic E-state index is 0.770. The van der Waals surface area contributed by atoms with E-state index < -0.39 is 0 Å². The summed E-state index contributed by atoms with van der Waals surface area (Å²) in [5.74, 6) is 0.770. The van der Waals surface area contributed by atoms with Crippen molar-refractivity contribution in [3.8, 4) is 0 Å². The summed E-state index contributed by atoms with van der Waals surface area (Å²) in [6.07, 6.45) is 2.59. The van der Waals surface area contributed by atoms with E-state index in [4.69, 9.17) is 0 Å². The van der Waals surface area contributed by atoms with E-state index in [0.717, 1.165) is 11.2 Å². The molecule has 1 aliphatic carbocycles. The molecule has 0 saturated carbocycles. The van der Waals surface area contributed by atoms with Gasteiger partial charge < -0.3 is 0 Å². The Balaban J connectivity index is 2.39. The predicted molar refractivity (Wildman–Crippen MR) is 51.3 cm³/mol. The van der Waals surface area contributed by atoms with Crippen LogP contribution in [-0.2, 0) is 6.42 Å². The lowest BCUT2D eigenvalue weighted by atomic mass is 10.0. The zero-order valence-corrected chi connectivity index (χ0v) is 7.97. The van der Waals surface area contributed by atoms with Gasteiger partial charge in [-0.15, -0.1) is 0 Å². The number of hydrogen-bond donors (Lipinski definition) is 0. The van der Waals surface area contributed by atoms with E-state index >= 15 is 0 Å². The van der Waals surface area contributed by atoms with Gasteiger partial charge in [-0.2, -0.15) is 0 Å². The van der Waals surface area contributed by atoms with Gasteiger partial charge in [-0.25, -0.2) is 0 Å². The minimum absolute atomic E-state index is 0.770. The quantitative estimate of drug-likeness (QED) is 0.626. The maximum absolute atomic E-state index is 3.55. The molecule has 0 saturated heterocycles. The van der Waals surface area contributed by atoms with Crippen molar-refractivity contribution in [3.05, 3.63) is 35.4 Å². The van der Waals surface area contributed by atoms with Crippen LogP contribution in [0.1, 0.15) is 23.5 Å². The summed E-state index contributed by atoms with van der Waals surface area (Å²) in [4.78, 5) is 0. The van der Waals surface area contributed by atoms with Gasteiger partial charge in [0.1, 0.15) is 0 Å². The first-order valence-corrected chi connectivity index (χ1v) is 5.17. The summed E-state index contributed by atoms with van der Waals surface area (Å²) in [6, 6.07) is 8.78. The lowest BCUT2D eigenvalue weighted by Crippen LogP contribution is -1.92. The van der Waals surface area contributed by atoms with E-state index in [0.29, 0.717) is 0 Å². The van der Waals surface area contributed by atoms with Crippen molar-refractivity contribution in [1.82, 2.24) is 0 Å². The van der Waals surface area contributed by atoms with E-state index in [2.05, 4.69) is 40.2 Å². The maximum atomic E-state index is 3.55. The number of benzene rings is 1. The Labute approximate surface area is 75.8 Å². The van der Waals surface area contributed by atoms with Gasteiger partial charge in [0.2, 0.25) is 0 Å². The average Bonchev–Trinajstić information content (AvgIpc) is 2.47. The van der Waals surface area contributed by atoms with Crippen LogP contribution in [0.15, 0.2) is 24.3 Å². The van der Waals surface area contributed by atoms with Crippen LogP contribution in [0.3, 0.4) is 0 Å². The van der Waals surface area contributed by atoms with Crippen LogP contribution in [0.25, 0.3) is 0 Å². The zero-order chi connectivity index (χ0) is 7.68. The third-order valence-electron chi connectivity index (χ3n) is 2.44. The maximum Gasteiger partial charge on any atom is 0.0100 e. The molecule has 0 fully saturated rings. The summed E-state index contributed by atoms with van der Waals surface area (Å²) in [5.41, 5.74) is 3.11. The summed E-state index contributed by atoms with van der Waals surface area (Å²) in [7, 11) is 0. The first-order chi connectivity index (χ1) is 5.42. The smallest absolute Gasteiger partial charge is 0.0100 e. The van der Waals surface area contributed by atoms with Crippen LogP contribution < -0.4 is 0 Å². The van der Waals surface area contributed by atoms with Crippen LogP contribution in [0.5, 0.6) is 0 Å². The van der Waals surface area contributed by atoms with Crippen molar-refractivity contribution < 1.29 is 0 Å². The summed E-state index contributed by atoms with van der Waals surface area (Å²) in [6.45, 7) is 0. The summed E-state index contributed by atoms with van der Waals surface area (Å²) < 4.78 is 0. The van der Waals surface area contributed by atoms with Gasteiger partial charge in [0, 0.05) is 5.33 Å². The fraction of sp³-hybridized carbons (Fsp3) is 0.400. The normalized spacial score (nSPS) is 21.7. The van der Waals surface area contributed by atoms with Crippen molar-refractivity contribution in [2.45, 2.75) is 18.8 Å². The molecular formula is C10H11Br. The molecule has 2 rings (SSSR count). The molecule has 0 bridgehead atoms. The number of hydrogen-bond acceptors (Lipinski definition) is 0. The molecule has 58 valence electrons. The third kappa shape index (κ3) is 1.22. The van der Waals surface area contributed by atoms with Crippen molar-refractivity contribution in [2.24, 2.45) is 0 Å². The Morgan fingerprint density at radius 3 is 3.00 bits per heavy atom. The zero-order valence-electron chi connectivity index (χ0n) is 6.39. The largest absolute Gasteiger partial charge is 0.0921 e. The highest BCUT2D eigenvalue weighted by Gasteiger charge is 2.19. The highest BCUT2D eigenvalue weighted by molar-refractivity contribution is 9.09. The van der Waals surface area contributed by atoms with Crippen LogP contribution in [0, 0.1) is 0 Å². The molecule has 0 radical (unpaired) electrons. The van der Waals surface area contributed by atoms with Crippen molar-refractivity contribution >= 4 is 15.9 Å². The molecule has 1 aromatic rings. The first-order valence-electron chi connectivity index (χ1n) is 4.05. The fourth-order valence-electron chi connectivity index (χ4n) is 1.81. The molecular weight excluding hydrogens is 200 g/mol. The lowest BCUT2D eigenvalue weighted by Gasteiger charge is -2.05. The summed E-state index contributed by atoms with van der Waals surface area (Å²) >= 11 is 3.55. The van der Waals surface area contributed by atoms with E-state index in [-0.39, 0.29) is 0 Å². The standard InChI is InChI=1S/C10H11Br/c11-7-9-6-5-8-3-1-2-4-10(8)9/h1-4,9H,5-7H2/t9-/m0/s1. The molecule has 0 aromatic heterocycles. The monoisotopic (exact) mass is 210 g/mol. The van der Waals surface area contributed by atoms with E-state index in [1.54, 1.807) is 11.1 Å². The molecule has 1 aliphatic rings. The lowest BCUT2D eigenvalue weighted by molar-refractivity contribution is 0.762. The molecule has 11 heavy (non-hydrogen) atoms. The molecule has 1 aromatic carbocycles. The van der Waals surface area contributed by atoms with Gasteiger partial charge >= 0.3 is 0 Å². The number of alkyl halides is 1. The van der Waals surface area contributed by atoms with Crippen molar-refractivity contribution in [2.75, 3.05) is 5.33 Å². The molecule has 0 aliphatic heterocycles. The average molecular weight is 211 g/mol. The van der Waals surface area contributed by atoms with E-state index in [1.165, 1.54) is 12.8 Å². The van der Waals surface area contributed by atoms with E-state index in [1.807, 2.05) is 0 Å². The number of halogens is 1.